The predicted octanol–water partition coefficient (Wildman–Crippen LogP) is 0.449. The van der Waals surface area contributed by atoms with Crippen LogP contribution in [0.4, 0.5) is 0 Å². The number of hydrogen-bond acceptors (Lipinski definition) is 4. The lowest BCUT2D eigenvalue weighted by Gasteiger charge is -2.19. The molecule has 1 atom stereocenters. The van der Waals surface area contributed by atoms with Crippen molar-refractivity contribution in [1.29, 1.82) is 0 Å². The van der Waals surface area contributed by atoms with Crippen molar-refractivity contribution >= 4 is 27.3 Å². The molecular formula is C10H12ClNO4S. The third-order valence-corrected chi connectivity index (χ3v) is 4.84. The number of benzene rings is 1. The van der Waals surface area contributed by atoms with E-state index in [4.69, 9.17) is 17.3 Å². The number of primary amides is 1. The van der Waals surface area contributed by atoms with Crippen molar-refractivity contribution in [3.8, 4) is 0 Å². The highest BCUT2D eigenvalue weighted by Crippen LogP contribution is 2.23. The van der Waals surface area contributed by atoms with Crippen molar-refractivity contribution in [3.05, 3.63) is 34.9 Å². The first kappa shape index (κ1) is 14.0. The number of carbonyl (C=O) groups is 1. The fourth-order valence-corrected chi connectivity index (χ4v) is 2.64. The van der Waals surface area contributed by atoms with Crippen LogP contribution in [0.2, 0.25) is 5.02 Å². The van der Waals surface area contributed by atoms with Crippen LogP contribution < -0.4 is 5.73 Å². The van der Waals surface area contributed by atoms with Crippen LogP contribution in [0.25, 0.3) is 0 Å². The molecule has 3 N–H and O–H groups in total. The van der Waals surface area contributed by atoms with Crippen LogP contribution in [-0.4, -0.2) is 24.4 Å². The van der Waals surface area contributed by atoms with Crippen molar-refractivity contribution in [1.82, 2.24) is 0 Å². The molecule has 0 fully saturated rings. The second-order valence-corrected chi connectivity index (χ2v) is 6.42. The summed E-state index contributed by atoms with van der Waals surface area (Å²) < 4.78 is 23.6. The summed E-state index contributed by atoms with van der Waals surface area (Å²) in [6, 6.07) is 6.27. The summed E-state index contributed by atoms with van der Waals surface area (Å²) in [7, 11) is -4.14. The molecule has 5 nitrogen and oxygen atoms in total. The maximum atomic E-state index is 11.8. The minimum absolute atomic E-state index is 0.247. The smallest absolute Gasteiger partial charge is 0.265 e. The van der Waals surface area contributed by atoms with Crippen LogP contribution in [0.3, 0.4) is 0 Å². The molecule has 1 amide bonds. The summed E-state index contributed by atoms with van der Waals surface area (Å²) in [5.41, 5.74) is 5.15. The monoisotopic (exact) mass is 277 g/mol. The van der Waals surface area contributed by atoms with Gasteiger partial charge in [-0.2, -0.15) is 0 Å². The Kier molecular flexibility index (Phi) is 3.81. The molecule has 0 saturated heterocycles. The normalized spacial score (nSPS) is 15.2. The average Bonchev–Trinajstić information content (AvgIpc) is 2.20. The van der Waals surface area contributed by atoms with Gasteiger partial charge in [0.25, 0.3) is 5.91 Å². The Balaban J connectivity index is 3.12. The highest BCUT2D eigenvalue weighted by Gasteiger charge is 2.42. The second-order valence-electron chi connectivity index (χ2n) is 3.70. The summed E-state index contributed by atoms with van der Waals surface area (Å²) >= 11 is 5.80. The first-order chi connectivity index (χ1) is 7.68. The molecular weight excluding hydrogens is 266 g/mol. The van der Waals surface area contributed by atoms with Crippen LogP contribution in [0, 0.1) is 0 Å². The standard InChI is InChI=1S/C10H12ClNO4S/c1-10(14,9(12)13)17(15,16)6-7-4-2-3-5-8(7)11/h2-5,14H,6H2,1H3,(H2,12,13). The number of sulfone groups is 1. The van der Waals surface area contributed by atoms with E-state index in [0.29, 0.717) is 5.56 Å². The molecule has 0 aliphatic carbocycles. The van der Waals surface area contributed by atoms with E-state index in [1.54, 1.807) is 12.1 Å². The minimum Gasteiger partial charge on any atom is -0.367 e. The highest BCUT2D eigenvalue weighted by molar-refractivity contribution is 7.92. The van der Waals surface area contributed by atoms with Gasteiger partial charge in [-0.15, -0.1) is 0 Å². The van der Waals surface area contributed by atoms with Gasteiger partial charge in [0, 0.05) is 5.02 Å². The van der Waals surface area contributed by atoms with E-state index in [9.17, 15) is 18.3 Å². The molecule has 1 unspecified atom stereocenters. The van der Waals surface area contributed by atoms with E-state index in [2.05, 4.69) is 0 Å². The largest absolute Gasteiger partial charge is 0.367 e. The lowest BCUT2D eigenvalue weighted by atomic mass is 10.2. The van der Waals surface area contributed by atoms with Crippen molar-refractivity contribution in [2.24, 2.45) is 5.73 Å². The number of halogens is 1. The molecule has 0 spiro atoms. The maximum Gasteiger partial charge on any atom is 0.265 e. The highest BCUT2D eigenvalue weighted by atomic mass is 35.5. The molecule has 0 aromatic heterocycles. The summed E-state index contributed by atoms with van der Waals surface area (Å²) in [5.74, 6) is -1.87. The van der Waals surface area contributed by atoms with Gasteiger partial charge in [-0.05, 0) is 18.6 Å². The molecule has 94 valence electrons. The third-order valence-electron chi connectivity index (χ3n) is 2.37. The zero-order valence-electron chi connectivity index (χ0n) is 9.05. The quantitative estimate of drug-likeness (QED) is 0.835. The van der Waals surface area contributed by atoms with Gasteiger partial charge in [0.15, 0.2) is 9.84 Å². The van der Waals surface area contributed by atoms with Crippen molar-refractivity contribution in [2.45, 2.75) is 17.6 Å². The average molecular weight is 278 g/mol. The van der Waals surface area contributed by atoms with Crippen LogP contribution >= 0.6 is 11.6 Å². The Hall–Kier alpha value is -1.11. The maximum absolute atomic E-state index is 11.8. The van der Waals surface area contributed by atoms with Crippen molar-refractivity contribution < 1.29 is 18.3 Å². The van der Waals surface area contributed by atoms with E-state index in [0.717, 1.165) is 6.92 Å². The van der Waals surface area contributed by atoms with Gasteiger partial charge in [-0.3, -0.25) is 4.79 Å². The zero-order valence-corrected chi connectivity index (χ0v) is 10.6. The fraction of sp³-hybridized carbons (Fsp3) is 0.300. The second kappa shape index (κ2) is 4.64. The zero-order chi connectivity index (χ0) is 13.3. The first-order valence-corrected chi connectivity index (χ1v) is 6.69. The van der Waals surface area contributed by atoms with Crippen LogP contribution in [-0.2, 0) is 20.4 Å². The summed E-state index contributed by atoms with van der Waals surface area (Å²) in [6.45, 7) is 0.849. The van der Waals surface area contributed by atoms with Gasteiger partial charge >= 0.3 is 0 Å². The van der Waals surface area contributed by atoms with Crippen molar-refractivity contribution in [3.63, 3.8) is 0 Å². The summed E-state index contributed by atoms with van der Waals surface area (Å²) in [5, 5.41) is 9.81. The van der Waals surface area contributed by atoms with Gasteiger partial charge in [-0.25, -0.2) is 8.42 Å². The van der Waals surface area contributed by atoms with E-state index >= 15 is 0 Å². The van der Waals surface area contributed by atoms with Gasteiger partial charge in [0.1, 0.15) is 0 Å². The van der Waals surface area contributed by atoms with Gasteiger partial charge in [-0.1, -0.05) is 29.8 Å². The fourth-order valence-electron chi connectivity index (χ4n) is 1.11. The van der Waals surface area contributed by atoms with Crippen LogP contribution in [0.5, 0.6) is 0 Å². The lowest BCUT2D eigenvalue weighted by molar-refractivity contribution is -0.127. The molecule has 0 aliphatic heterocycles. The van der Waals surface area contributed by atoms with Crippen molar-refractivity contribution in [2.75, 3.05) is 0 Å². The third kappa shape index (κ3) is 2.77. The first-order valence-electron chi connectivity index (χ1n) is 4.66. The Labute approximate surface area is 104 Å². The Morgan fingerprint density at radius 3 is 2.47 bits per heavy atom. The van der Waals surface area contributed by atoms with Gasteiger partial charge < -0.3 is 10.8 Å². The molecule has 0 radical (unpaired) electrons. The molecule has 7 heteroatoms. The molecule has 0 saturated carbocycles. The molecule has 1 aromatic rings. The lowest BCUT2D eigenvalue weighted by Crippen LogP contribution is -2.48. The van der Waals surface area contributed by atoms with Gasteiger partial charge in [0.05, 0.1) is 5.75 Å². The Morgan fingerprint density at radius 1 is 1.47 bits per heavy atom. The number of amides is 1. The number of carbonyl (C=O) groups excluding carboxylic acids is 1. The number of nitrogens with two attached hydrogens (primary N) is 1. The van der Waals surface area contributed by atoms with Crippen LogP contribution in [0.15, 0.2) is 24.3 Å². The Morgan fingerprint density at radius 2 is 2.00 bits per heavy atom. The van der Waals surface area contributed by atoms with E-state index in [-0.39, 0.29) is 5.02 Å². The molecule has 17 heavy (non-hydrogen) atoms. The minimum atomic E-state index is -4.14. The molecule has 0 bridgehead atoms. The summed E-state index contributed by atoms with van der Waals surface area (Å²) in [4.78, 5) is 8.30. The van der Waals surface area contributed by atoms with E-state index in [1.807, 2.05) is 0 Å². The molecule has 0 heterocycles. The van der Waals surface area contributed by atoms with Gasteiger partial charge in [0.2, 0.25) is 4.93 Å². The Bertz CT molecular complexity index is 539. The topological polar surface area (TPSA) is 97.5 Å². The molecule has 1 aromatic carbocycles. The number of hydrogen-bond donors (Lipinski definition) is 2. The number of rotatable bonds is 4. The molecule has 0 aliphatic rings. The summed E-state index contributed by atoms with van der Waals surface area (Å²) in [6.07, 6.45) is 0. The number of aliphatic hydroxyl groups is 1. The van der Waals surface area contributed by atoms with E-state index in [1.165, 1.54) is 12.1 Å². The van der Waals surface area contributed by atoms with Crippen LogP contribution in [0.1, 0.15) is 12.5 Å². The molecule has 1 rings (SSSR count). The predicted molar refractivity (Wildman–Crippen MR) is 63.9 cm³/mol. The van der Waals surface area contributed by atoms with E-state index < -0.39 is 26.4 Å². The SMILES string of the molecule is CC(O)(C(N)=O)S(=O)(=O)Cc1ccccc1Cl.